The maximum absolute atomic E-state index is 12.0. The topological polar surface area (TPSA) is 93.7 Å². The van der Waals surface area contributed by atoms with Gasteiger partial charge in [0.2, 0.25) is 0 Å². The van der Waals surface area contributed by atoms with E-state index in [4.69, 9.17) is 9.47 Å². The number of hydrogen-bond acceptors (Lipinski definition) is 5. The number of amides is 3. The van der Waals surface area contributed by atoms with Crippen molar-refractivity contribution in [2.75, 3.05) is 7.11 Å². The summed E-state index contributed by atoms with van der Waals surface area (Å²) in [7, 11) is 1.52. The fourth-order valence-electron chi connectivity index (χ4n) is 2.80. The van der Waals surface area contributed by atoms with Crippen LogP contribution in [0, 0.1) is 0 Å². The number of carbonyl (C=O) groups excluding carboxylic acids is 3. The first-order valence-electron chi connectivity index (χ1n) is 8.42. The van der Waals surface area contributed by atoms with Gasteiger partial charge in [0.05, 0.1) is 13.5 Å². The van der Waals surface area contributed by atoms with Crippen LogP contribution >= 0.6 is 0 Å². The Balaban J connectivity index is 1.79. The maximum atomic E-state index is 12.0. The molecule has 7 nitrogen and oxygen atoms in total. The first kappa shape index (κ1) is 18.8. The lowest BCUT2D eigenvalue weighted by Gasteiger charge is -2.16. The van der Waals surface area contributed by atoms with Gasteiger partial charge in [0, 0.05) is 11.6 Å². The third-order valence-corrected chi connectivity index (χ3v) is 4.13. The number of ether oxygens (including phenoxy) is 2. The number of nitrogens with one attached hydrogen (secondary N) is 2. The van der Waals surface area contributed by atoms with Crippen LogP contribution in [-0.2, 0) is 20.7 Å². The standard InChI is InChI=1S/C18H24N2O5/c1-12(17(22)20-18(23)19-14-8-4-5-9-14)25-16(21)11-13-7-3-6-10-15(13)24-2/h3,6-7,10,12,14H,4-5,8-9,11H2,1-2H3,(H2,19,20,22,23)/t12-/m0/s1. The van der Waals surface area contributed by atoms with Gasteiger partial charge in [-0.1, -0.05) is 31.0 Å². The second-order valence-electron chi connectivity index (χ2n) is 6.06. The molecular weight excluding hydrogens is 324 g/mol. The van der Waals surface area contributed by atoms with Crippen LogP contribution in [0.15, 0.2) is 24.3 Å². The molecule has 7 heteroatoms. The lowest BCUT2D eigenvalue weighted by molar-refractivity contribution is -0.153. The average molecular weight is 348 g/mol. The van der Waals surface area contributed by atoms with Crippen molar-refractivity contribution < 1.29 is 23.9 Å². The number of imide groups is 1. The molecule has 0 saturated heterocycles. The van der Waals surface area contributed by atoms with Crippen LogP contribution < -0.4 is 15.4 Å². The third kappa shape index (κ3) is 5.77. The van der Waals surface area contributed by atoms with E-state index in [0.29, 0.717) is 11.3 Å². The second kappa shape index (κ2) is 9.05. The number of carbonyl (C=O) groups is 3. The molecule has 136 valence electrons. The highest BCUT2D eigenvalue weighted by atomic mass is 16.5. The summed E-state index contributed by atoms with van der Waals surface area (Å²) in [5, 5.41) is 4.95. The normalized spacial score (nSPS) is 15.3. The Kier molecular flexibility index (Phi) is 6.80. The molecular formula is C18H24N2O5. The molecule has 0 spiro atoms. The fourth-order valence-corrected chi connectivity index (χ4v) is 2.80. The van der Waals surface area contributed by atoms with Gasteiger partial charge >= 0.3 is 12.0 Å². The lowest BCUT2D eigenvalue weighted by atomic mass is 10.1. The highest BCUT2D eigenvalue weighted by Gasteiger charge is 2.23. The number of esters is 1. The molecule has 1 fully saturated rings. The van der Waals surface area contributed by atoms with E-state index in [1.807, 2.05) is 0 Å². The van der Waals surface area contributed by atoms with Crippen LogP contribution in [0.4, 0.5) is 4.79 Å². The molecule has 1 aliphatic rings. The summed E-state index contributed by atoms with van der Waals surface area (Å²) in [4.78, 5) is 35.7. The number of benzene rings is 1. The molecule has 0 heterocycles. The third-order valence-electron chi connectivity index (χ3n) is 4.13. The predicted octanol–water partition coefficient (Wildman–Crippen LogP) is 1.94. The molecule has 3 amide bonds. The van der Waals surface area contributed by atoms with Crippen LogP contribution in [0.2, 0.25) is 0 Å². The van der Waals surface area contributed by atoms with Crippen LogP contribution in [-0.4, -0.2) is 37.2 Å². The highest BCUT2D eigenvalue weighted by Crippen LogP contribution is 2.18. The minimum absolute atomic E-state index is 0.0180. The molecule has 2 N–H and O–H groups in total. The van der Waals surface area contributed by atoms with Gasteiger partial charge in [0.15, 0.2) is 6.10 Å². The number of rotatable bonds is 6. The Hall–Kier alpha value is -2.57. The van der Waals surface area contributed by atoms with Crippen molar-refractivity contribution in [3.63, 3.8) is 0 Å². The van der Waals surface area contributed by atoms with E-state index in [2.05, 4.69) is 10.6 Å². The van der Waals surface area contributed by atoms with Gasteiger partial charge in [-0.15, -0.1) is 0 Å². The molecule has 25 heavy (non-hydrogen) atoms. The number of urea groups is 1. The van der Waals surface area contributed by atoms with Gasteiger partial charge in [0.1, 0.15) is 5.75 Å². The summed E-state index contributed by atoms with van der Waals surface area (Å²) in [5.74, 6) is -0.639. The van der Waals surface area contributed by atoms with E-state index in [-0.39, 0.29) is 12.5 Å². The molecule has 1 aromatic carbocycles. The summed E-state index contributed by atoms with van der Waals surface area (Å²) >= 11 is 0. The molecule has 1 aromatic rings. The van der Waals surface area contributed by atoms with Crippen molar-refractivity contribution in [1.29, 1.82) is 0 Å². The van der Waals surface area contributed by atoms with Crippen LogP contribution in [0.25, 0.3) is 0 Å². The molecule has 1 atom stereocenters. The van der Waals surface area contributed by atoms with Crippen molar-refractivity contribution in [1.82, 2.24) is 10.6 Å². The molecule has 0 radical (unpaired) electrons. The van der Waals surface area contributed by atoms with Crippen molar-refractivity contribution >= 4 is 17.9 Å². The van der Waals surface area contributed by atoms with Gasteiger partial charge in [0.25, 0.3) is 5.91 Å². The summed E-state index contributed by atoms with van der Waals surface area (Å²) in [6.45, 7) is 1.43. The van der Waals surface area contributed by atoms with E-state index in [0.717, 1.165) is 25.7 Å². The molecule has 0 aromatic heterocycles. The molecule has 1 aliphatic carbocycles. The molecule has 0 unspecified atom stereocenters. The van der Waals surface area contributed by atoms with E-state index < -0.39 is 24.0 Å². The van der Waals surface area contributed by atoms with Crippen molar-refractivity contribution in [3.05, 3.63) is 29.8 Å². The quantitative estimate of drug-likeness (QED) is 0.766. The SMILES string of the molecule is COc1ccccc1CC(=O)O[C@@H](C)C(=O)NC(=O)NC1CCCC1. The largest absolute Gasteiger partial charge is 0.496 e. The Morgan fingerprint density at radius 3 is 2.56 bits per heavy atom. The van der Waals surface area contributed by atoms with Crippen molar-refractivity contribution in [3.8, 4) is 5.75 Å². The Morgan fingerprint density at radius 1 is 1.20 bits per heavy atom. The zero-order valence-corrected chi connectivity index (χ0v) is 14.5. The summed E-state index contributed by atoms with van der Waals surface area (Å²) in [6, 6.07) is 6.63. The van der Waals surface area contributed by atoms with E-state index in [1.54, 1.807) is 24.3 Å². The van der Waals surface area contributed by atoms with Gasteiger partial charge in [-0.05, 0) is 25.8 Å². The minimum atomic E-state index is -1.06. The zero-order chi connectivity index (χ0) is 18.2. The molecule has 2 rings (SSSR count). The van der Waals surface area contributed by atoms with Crippen LogP contribution in [0.1, 0.15) is 38.2 Å². The average Bonchev–Trinajstić information content (AvgIpc) is 3.07. The summed E-state index contributed by atoms with van der Waals surface area (Å²) in [5.41, 5.74) is 0.668. The van der Waals surface area contributed by atoms with E-state index in [1.165, 1.54) is 14.0 Å². The Morgan fingerprint density at radius 2 is 1.88 bits per heavy atom. The fraction of sp³-hybridized carbons (Fsp3) is 0.500. The Labute approximate surface area is 147 Å². The minimum Gasteiger partial charge on any atom is -0.496 e. The predicted molar refractivity (Wildman–Crippen MR) is 91.2 cm³/mol. The Bertz CT molecular complexity index is 626. The van der Waals surface area contributed by atoms with Crippen molar-refractivity contribution in [2.45, 2.75) is 51.2 Å². The number of hydrogen-bond donors (Lipinski definition) is 2. The smallest absolute Gasteiger partial charge is 0.321 e. The van der Waals surface area contributed by atoms with Gasteiger partial charge in [-0.3, -0.25) is 14.9 Å². The van der Waals surface area contributed by atoms with E-state index >= 15 is 0 Å². The number of methoxy groups -OCH3 is 1. The first-order chi connectivity index (χ1) is 12.0. The molecule has 0 aliphatic heterocycles. The molecule has 1 saturated carbocycles. The highest BCUT2D eigenvalue weighted by molar-refractivity contribution is 5.97. The second-order valence-corrected chi connectivity index (χ2v) is 6.06. The van der Waals surface area contributed by atoms with E-state index in [9.17, 15) is 14.4 Å². The van der Waals surface area contributed by atoms with Gasteiger partial charge in [-0.2, -0.15) is 0 Å². The monoisotopic (exact) mass is 348 g/mol. The van der Waals surface area contributed by atoms with Gasteiger partial charge in [-0.25, -0.2) is 4.79 Å². The summed E-state index contributed by atoms with van der Waals surface area (Å²) in [6.07, 6.45) is 2.93. The maximum Gasteiger partial charge on any atom is 0.321 e. The number of para-hydroxylation sites is 1. The van der Waals surface area contributed by atoms with Crippen molar-refractivity contribution in [2.24, 2.45) is 0 Å². The first-order valence-corrected chi connectivity index (χ1v) is 8.42. The van der Waals surface area contributed by atoms with Gasteiger partial charge < -0.3 is 14.8 Å². The van der Waals surface area contributed by atoms with Crippen LogP contribution in [0.3, 0.4) is 0 Å². The van der Waals surface area contributed by atoms with Crippen LogP contribution in [0.5, 0.6) is 5.75 Å². The molecule has 0 bridgehead atoms. The zero-order valence-electron chi connectivity index (χ0n) is 14.5. The summed E-state index contributed by atoms with van der Waals surface area (Å²) < 4.78 is 10.3. The lowest BCUT2D eigenvalue weighted by Crippen LogP contribution is -2.47.